The summed E-state index contributed by atoms with van der Waals surface area (Å²) in [5, 5.41) is 9.54. The fraction of sp³-hybridized carbons (Fsp3) is 0.333. The number of rotatable bonds is 9. The third-order valence-corrected chi connectivity index (χ3v) is 8.61. The molecule has 6 rings (SSSR count). The van der Waals surface area contributed by atoms with Gasteiger partial charge in [0.25, 0.3) is 0 Å². The number of benzene rings is 4. The topological polar surface area (TPSA) is 86.4 Å². The molecule has 1 saturated heterocycles. The van der Waals surface area contributed by atoms with Crippen molar-refractivity contribution in [3.05, 3.63) is 118 Å². The Bertz CT molecular complexity index is 1520. The zero-order chi connectivity index (χ0) is 29.8. The first-order valence-electron chi connectivity index (χ1n) is 14.9. The first-order valence-corrected chi connectivity index (χ1v) is 14.9. The maximum absolute atomic E-state index is 9.54. The molecule has 0 saturated carbocycles. The highest BCUT2D eigenvalue weighted by molar-refractivity contribution is 5.67. The molecule has 224 valence electrons. The monoisotopic (exact) mass is 580 g/mol. The lowest BCUT2D eigenvalue weighted by atomic mass is 9.96. The van der Waals surface area contributed by atoms with Gasteiger partial charge in [0, 0.05) is 38.2 Å². The average Bonchev–Trinajstić information content (AvgIpc) is 3.07. The molecule has 1 fully saturated rings. The van der Waals surface area contributed by atoms with E-state index in [1.807, 2.05) is 24.3 Å². The summed E-state index contributed by atoms with van der Waals surface area (Å²) in [4.78, 5) is 2.46. The number of nitrogens with two attached hydrogens (primary N) is 1. The van der Waals surface area contributed by atoms with Gasteiger partial charge < -0.3 is 29.8 Å². The third kappa shape index (κ3) is 6.47. The summed E-state index contributed by atoms with van der Waals surface area (Å²) in [6.45, 7) is 3.07. The predicted octanol–water partition coefficient (Wildman–Crippen LogP) is 5.93. The van der Waals surface area contributed by atoms with E-state index in [0.717, 1.165) is 77.4 Å². The molecule has 0 radical (unpaired) electrons. The van der Waals surface area contributed by atoms with Crippen LogP contribution >= 0.6 is 0 Å². The van der Waals surface area contributed by atoms with Crippen LogP contribution in [0.15, 0.2) is 84.9 Å². The molecule has 4 aromatic rings. The third-order valence-electron chi connectivity index (χ3n) is 8.61. The van der Waals surface area contributed by atoms with E-state index in [4.69, 9.17) is 24.7 Å². The minimum Gasteiger partial charge on any atom is -0.493 e. The molecule has 2 heterocycles. The Morgan fingerprint density at radius 3 is 2.26 bits per heavy atom. The molecule has 0 aliphatic carbocycles. The second kappa shape index (κ2) is 13.3. The fourth-order valence-corrected chi connectivity index (χ4v) is 6.22. The van der Waals surface area contributed by atoms with Gasteiger partial charge in [-0.25, -0.2) is 0 Å². The quantitative estimate of drug-likeness (QED) is 0.254. The minimum absolute atomic E-state index is 0.0207. The van der Waals surface area contributed by atoms with Gasteiger partial charge in [-0.15, -0.1) is 0 Å². The molecular weight excluding hydrogens is 540 g/mol. The molecule has 2 aliphatic heterocycles. The van der Waals surface area contributed by atoms with Crippen LogP contribution in [0.5, 0.6) is 11.5 Å². The van der Waals surface area contributed by atoms with E-state index in [9.17, 15) is 5.11 Å². The van der Waals surface area contributed by atoms with E-state index in [0.29, 0.717) is 6.54 Å². The van der Waals surface area contributed by atoms with Gasteiger partial charge in [0.2, 0.25) is 0 Å². The molecule has 7 heteroatoms. The lowest BCUT2D eigenvalue weighted by Crippen LogP contribution is -2.41. The zero-order valence-electron chi connectivity index (χ0n) is 24.9. The van der Waals surface area contributed by atoms with Crippen molar-refractivity contribution in [1.29, 1.82) is 0 Å². The van der Waals surface area contributed by atoms with Crippen molar-refractivity contribution < 1.29 is 24.1 Å². The van der Waals surface area contributed by atoms with E-state index in [-0.39, 0.29) is 18.8 Å². The van der Waals surface area contributed by atoms with Crippen molar-refractivity contribution >= 4 is 0 Å². The molecule has 3 atom stereocenters. The van der Waals surface area contributed by atoms with Crippen molar-refractivity contribution in [2.24, 2.45) is 5.73 Å². The molecule has 0 aromatic heterocycles. The van der Waals surface area contributed by atoms with Gasteiger partial charge in [0.15, 0.2) is 17.8 Å². The summed E-state index contributed by atoms with van der Waals surface area (Å²) >= 11 is 0. The maximum Gasteiger partial charge on any atom is 0.184 e. The van der Waals surface area contributed by atoms with Gasteiger partial charge in [-0.1, -0.05) is 72.8 Å². The number of methoxy groups -OCH3 is 2. The molecule has 0 amide bonds. The first-order chi connectivity index (χ1) is 21.1. The number of hydrogen-bond donors (Lipinski definition) is 2. The van der Waals surface area contributed by atoms with Crippen LogP contribution in [0.25, 0.3) is 11.1 Å². The summed E-state index contributed by atoms with van der Waals surface area (Å²) < 4.78 is 24.4. The van der Waals surface area contributed by atoms with Crippen molar-refractivity contribution in [1.82, 2.24) is 4.90 Å². The first kappa shape index (κ1) is 29.4. The Kier molecular flexibility index (Phi) is 9.07. The molecule has 4 aromatic carbocycles. The Hall–Kier alpha value is -3.72. The standard InChI is InChI=1S/C36H40N2O5/c1-40-34-17-28-15-16-38(21-30(28)18-35(34)41-2)22-31-19-33(26-9-7-24(23-39)8-10-26)43-36(42-31)27-13-11-25(12-14-27)32-6-4-3-5-29(32)20-37/h3-14,17-18,31,33,36,39H,15-16,19-23,37H2,1-2H3. The fourth-order valence-electron chi connectivity index (χ4n) is 6.22. The van der Waals surface area contributed by atoms with Crippen molar-refractivity contribution in [2.45, 2.75) is 51.0 Å². The number of hydrogen-bond acceptors (Lipinski definition) is 7. The minimum atomic E-state index is -0.499. The van der Waals surface area contributed by atoms with E-state index in [2.05, 4.69) is 65.6 Å². The van der Waals surface area contributed by atoms with Crippen molar-refractivity contribution in [3.8, 4) is 22.6 Å². The maximum atomic E-state index is 9.54. The summed E-state index contributed by atoms with van der Waals surface area (Å²) in [6.07, 6.45) is 1.03. The van der Waals surface area contributed by atoms with Crippen LogP contribution in [-0.4, -0.2) is 43.4 Å². The second-order valence-corrected chi connectivity index (χ2v) is 11.3. The number of ether oxygens (including phenoxy) is 4. The van der Waals surface area contributed by atoms with Crippen molar-refractivity contribution in [2.75, 3.05) is 27.3 Å². The van der Waals surface area contributed by atoms with Crippen LogP contribution in [0.2, 0.25) is 0 Å². The van der Waals surface area contributed by atoms with E-state index < -0.39 is 6.29 Å². The van der Waals surface area contributed by atoms with Gasteiger partial charge in [0.1, 0.15) is 0 Å². The Balaban J connectivity index is 1.23. The number of nitrogens with zero attached hydrogens (tertiary/aromatic N) is 1. The lowest BCUT2D eigenvalue weighted by molar-refractivity contribution is -0.253. The Morgan fingerprint density at radius 2 is 1.56 bits per heavy atom. The van der Waals surface area contributed by atoms with Crippen LogP contribution in [0.4, 0.5) is 0 Å². The highest BCUT2D eigenvalue weighted by Gasteiger charge is 2.34. The second-order valence-electron chi connectivity index (χ2n) is 11.3. The van der Waals surface area contributed by atoms with Crippen LogP contribution in [-0.2, 0) is 35.6 Å². The average molecular weight is 581 g/mol. The molecule has 2 aliphatic rings. The van der Waals surface area contributed by atoms with Gasteiger partial charge in [-0.2, -0.15) is 0 Å². The predicted molar refractivity (Wildman–Crippen MR) is 167 cm³/mol. The molecule has 7 nitrogen and oxygen atoms in total. The van der Waals surface area contributed by atoms with Gasteiger partial charge >= 0.3 is 0 Å². The van der Waals surface area contributed by atoms with E-state index in [1.165, 1.54) is 11.1 Å². The largest absolute Gasteiger partial charge is 0.493 e. The molecule has 3 N–H and O–H groups in total. The van der Waals surface area contributed by atoms with E-state index in [1.54, 1.807) is 14.2 Å². The Labute approximate surface area is 253 Å². The summed E-state index contributed by atoms with van der Waals surface area (Å²) in [5.74, 6) is 1.53. The molecule has 43 heavy (non-hydrogen) atoms. The van der Waals surface area contributed by atoms with Gasteiger partial charge in [0.05, 0.1) is 33.0 Å². The van der Waals surface area contributed by atoms with E-state index >= 15 is 0 Å². The lowest BCUT2D eigenvalue weighted by Gasteiger charge is -2.39. The highest BCUT2D eigenvalue weighted by Crippen LogP contribution is 2.40. The van der Waals surface area contributed by atoms with Crippen LogP contribution in [0.1, 0.15) is 52.2 Å². The number of aliphatic hydroxyl groups is 1. The van der Waals surface area contributed by atoms with Gasteiger partial charge in [-0.3, -0.25) is 4.90 Å². The molecule has 3 unspecified atom stereocenters. The SMILES string of the molecule is COc1cc2c(cc1OC)CN(CC1CC(c3ccc(CO)cc3)OC(c3ccc(-c4ccccc4CN)cc3)O1)CC2. The van der Waals surface area contributed by atoms with Crippen LogP contribution in [0.3, 0.4) is 0 Å². The summed E-state index contributed by atoms with van der Waals surface area (Å²) in [7, 11) is 3.36. The smallest absolute Gasteiger partial charge is 0.184 e. The number of fused-ring (bicyclic) bond motifs is 1. The molecule has 0 bridgehead atoms. The van der Waals surface area contributed by atoms with Crippen molar-refractivity contribution in [3.63, 3.8) is 0 Å². The number of aliphatic hydroxyl groups excluding tert-OH is 1. The molecular formula is C36H40N2O5. The zero-order valence-corrected chi connectivity index (χ0v) is 24.9. The summed E-state index contributed by atoms with van der Waals surface area (Å²) in [6, 6.07) is 28.9. The molecule has 0 spiro atoms. The highest BCUT2D eigenvalue weighted by atomic mass is 16.7. The van der Waals surface area contributed by atoms with Gasteiger partial charge in [-0.05, 0) is 57.5 Å². The van der Waals surface area contributed by atoms with Crippen LogP contribution < -0.4 is 15.2 Å². The normalized spacial score (nSPS) is 20.4. The summed E-state index contributed by atoms with van der Waals surface area (Å²) in [5.41, 5.74) is 14.9. The Morgan fingerprint density at radius 1 is 0.860 bits per heavy atom. The van der Waals surface area contributed by atoms with Crippen LogP contribution in [0, 0.1) is 0 Å².